The monoisotopic (exact) mass is 246 g/mol. The molecule has 1 aromatic rings. The van der Waals surface area contributed by atoms with Gasteiger partial charge >= 0.3 is 0 Å². The Labute approximate surface area is 110 Å². The van der Waals surface area contributed by atoms with Gasteiger partial charge in [0.15, 0.2) is 0 Å². The van der Waals surface area contributed by atoms with E-state index in [0.717, 1.165) is 31.6 Å². The summed E-state index contributed by atoms with van der Waals surface area (Å²) < 4.78 is 0. The van der Waals surface area contributed by atoms with Crippen LogP contribution in [-0.2, 0) is 0 Å². The summed E-state index contributed by atoms with van der Waals surface area (Å²) >= 11 is 0. The van der Waals surface area contributed by atoms with Crippen molar-refractivity contribution in [1.82, 2.24) is 9.97 Å². The normalized spacial score (nSPS) is 10.4. The van der Waals surface area contributed by atoms with Crippen LogP contribution in [0.1, 0.15) is 45.0 Å². The van der Waals surface area contributed by atoms with E-state index in [1.807, 2.05) is 6.92 Å². The first kappa shape index (κ1) is 14.4. The minimum Gasteiger partial charge on any atom is -0.341 e. The van der Waals surface area contributed by atoms with Crippen LogP contribution in [0.15, 0.2) is 6.07 Å². The third-order valence-corrected chi connectivity index (χ3v) is 3.25. The van der Waals surface area contributed by atoms with Crippen molar-refractivity contribution in [2.24, 2.45) is 5.92 Å². The largest absolute Gasteiger partial charge is 0.341 e. The molecule has 0 aliphatic carbocycles. The van der Waals surface area contributed by atoms with E-state index in [1.165, 1.54) is 0 Å². The molecular formula is C14H22N4. The van der Waals surface area contributed by atoms with E-state index in [0.29, 0.717) is 17.6 Å². The summed E-state index contributed by atoms with van der Waals surface area (Å²) in [7, 11) is 0. The van der Waals surface area contributed by atoms with Crippen LogP contribution < -0.4 is 4.90 Å². The first-order valence-electron chi connectivity index (χ1n) is 6.65. The second kappa shape index (κ2) is 6.95. The number of hydrogen-bond acceptors (Lipinski definition) is 4. The van der Waals surface area contributed by atoms with Crippen LogP contribution >= 0.6 is 0 Å². The van der Waals surface area contributed by atoms with E-state index < -0.39 is 0 Å². The molecule has 0 spiro atoms. The predicted octanol–water partition coefficient (Wildman–Crippen LogP) is 2.92. The minimum absolute atomic E-state index is 0.445. The van der Waals surface area contributed by atoms with Crippen molar-refractivity contribution in [2.75, 3.05) is 18.0 Å². The van der Waals surface area contributed by atoms with Gasteiger partial charge < -0.3 is 4.90 Å². The van der Waals surface area contributed by atoms with Crippen molar-refractivity contribution in [3.05, 3.63) is 17.5 Å². The maximum atomic E-state index is 8.96. The topological polar surface area (TPSA) is 52.8 Å². The number of nitriles is 1. The molecule has 0 saturated heterocycles. The molecule has 1 aromatic heterocycles. The highest BCUT2D eigenvalue weighted by molar-refractivity contribution is 5.35. The number of rotatable bonds is 6. The standard InChI is InChI=1S/C14H22N4/c1-5-12(6-2)10-18(7-3)14-16-11(4)8-13(9-15)17-14/h8,12H,5-7,10H2,1-4H3. The van der Waals surface area contributed by atoms with Crippen molar-refractivity contribution < 1.29 is 0 Å². The number of nitrogens with zero attached hydrogens (tertiary/aromatic N) is 4. The molecule has 1 heterocycles. The SMILES string of the molecule is CCC(CC)CN(CC)c1nc(C)cc(C#N)n1. The van der Waals surface area contributed by atoms with Crippen LogP contribution in [0.5, 0.6) is 0 Å². The summed E-state index contributed by atoms with van der Waals surface area (Å²) in [6.45, 7) is 10.2. The number of aromatic nitrogens is 2. The summed E-state index contributed by atoms with van der Waals surface area (Å²) in [6, 6.07) is 3.81. The zero-order valence-corrected chi connectivity index (χ0v) is 11.8. The Bertz CT molecular complexity index is 418. The first-order chi connectivity index (χ1) is 8.64. The number of aryl methyl sites for hydroxylation is 1. The molecule has 0 radical (unpaired) electrons. The Hall–Kier alpha value is -1.63. The highest BCUT2D eigenvalue weighted by atomic mass is 15.2. The van der Waals surface area contributed by atoms with Crippen LogP contribution in [0, 0.1) is 24.2 Å². The van der Waals surface area contributed by atoms with Crippen LogP contribution in [-0.4, -0.2) is 23.1 Å². The molecule has 0 N–H and O–H groups in total. The molecule has 1 rings (SSSR count). The molecule has 98 valence electrons. The molecule has 0 unspecified atom stereocenters. The molecule has 0 atom stereocenters. The lowest BCUT2D eigenvalue weighted by Gasteiger charge is -2.25. The van der Waals surface area contributed by atoms with Crippen molar-refractivity contribution in [3.63, 3.8) is 0 Å². The van der Waals surface area contributed by atoms with Gasteiger partial charge in [-0.05, 0) is 25.8 Å². The van der Waals surface area contributed by atoms with Crippen molar-refractivity contribution in [2.45, 2.75) is 40.5 Å². The Morgan fingerprint density at radius 3 is 2.44 bits per heavy atom. The van der Waals surface area contributed by atoms with Crippen LogP contribution in [0.3, 0.4) is 0 Å². The lowest BCUT2D eigenvalue weighted by atomic mass is 10.0. The van der Waals surface area contributed by atoms with Gasteiger partial charge in [0.05, 0.1) is 0 Å². The Kier molecular flexibility index (Phi) is 5.57. The molecule has 0 aliphatic heterocycles. The summed E-state index contributed by atoms with van der Waals surface area (Å²) in [5.74, 6) is 1.33. The third-order valence-electron chi connectivity index (χ3n) is 3.25. The average Bonchev–Trinajstić information content (AvgIpc) is 2.39. The van der Waals surface area contributed by atoms with Gasteiger partial charge in [0, 0.05) is 18.8 Å². The van der Waals surface area contributed by atoms with E-state index in [1.54, 1.807) is 6.07 Å². The van der Waals surface area contributed by atoms with Gasteiger partial charge in [-0.15, -0.1) is 0 Å². The fourth-order valence-electron chi connectivity index (χ4n) is 1.96. The van der Waals surface area contributed by atoms with Crippen molar-refractivity contribution in [1.29, 1.82) is 5.26 Å². The smallest absolute Gasteiger partial charge is 0.226 e. The maximum absolute atomic E-state index is 8.96. The summed E-state index contributed by atoms with van der Waals surface area (Å²) in [6.07, 6.45) is 2.31. The Morgan fingerprint density at radius 2 is 1.94 bits per heavy atom. The summed E-state index contributed by atoms with van der Waals surface area (Å²) in [5, 5.41) is 8.96. The molecule has 4 heteroatoms. The molecule has 18 heavy (non-hydrogen) atoms. The highest BCUT2D eigenvalue weighted by Crippen LogP contribution is 2.15. The van der Waals surface area contributed by atoms with Crippen LogP contribution in [0.4, 0.5) is 5.95 Å². The van der Waals surface area contributed by atoms with Gasteiger partial charge in [0.1, 0.15) is 11.8 Å². The fourth-order valence-corrected chi connectivity index (χ4v) is 1.96. The first-order valence-corrected chi connectivity index (χ1v) is 6.65. The zero-order valence-electron chi connectivity index (χ0n) is 11.8. The van der Waals surface area contributed by atoms with Gasteiger partial charge in [-0.1, -0.05) is 26.7 Å². The van der Waals surface area contributed by atoms with Gasteiger partial charge in [0.25, 0.3) is 0 Å². The minimum atomic E-state index is 0.445. The van der Waals surface area contributed by atoms with Crippen LogP contribution in [0.25, 0.3) is 0 Å². The van der Waals surface area contributed by atoms with E-state index in [-0.39, 0.29) is 0 Å². The van der Waals surface area contributed by atoms with Crippen molar-refractivity contribution >= 4 is 5.95 Å². The van der Waals surface area contributed by atoms with Gasteiger partial charge in [-0.3, -0.25) is 0 Å². The lowest BCUT2D eigenvalue weighted by molar-refractivity contribution is 0.482. The number of anilines is 1. The van der Waals surface area contributed by atoms with E-state index >= 15 is 0 Å². The second-order valence-corrected chi connectivity index (χ2v) is 4.53. The summed E-state index contributed by atoms with van der Waals surface area (Å²) in [4.78, 5) is 10.9. The number of hydrogen-bond donors (Lipinski definition) is 0. The van der Waals surface area contributed by atoms with E-state index in [4.69, 9.17) is 5.26 Å². The molecule has 0 aliphatic rings. The fraction of sp³-hybridized carbons (Fsp3) is 0.643. The van der Waals surface area contributed by atoms with Gasteiger partial charge in [0.2, 0.25) is 5.95 Å². The quantitative estimate of drug-likeness (QED) is 0.774. The highest BCUT2D eigenvalue weighted by Gasteiger charge is 2.14. The lowest BCUT2D eigenvalue weighted by Crippen LogP contribution is -2.30. The molecule has 0 aromatic carbocycles. The summed E-state index contributed by atoms with van der Waals surface area (Å²) in [5.41, 5.74) is 1.29. The van der Waals surface area contributed by atoms with Crippen LogP contribution in [0.2, 0.25) is 0 Å². The van der Waals surface area contributed by atoms with E-state index in [9.17, 15) is 0 Å². The second-order valence-electron chi connectivity index (χ2n) is 4.53. The molecule has 0 fully saturated rings. The zero-order chi connectivity index (χ0) is 13.5. The Morgan fingerprint density at radius 1 is 1.28 bits per heavy atom. The van der Waals surface area contributed by atoms with E-state index in [2.05, 4.69) is 41.7 Å². The predicted molar refractivity (Wildman–Crippen MR) is 73.4 cm³/mol. The maximum Gasteiger partial charge on any atom is 0.226 e. The van der Waals surface area contributed by atoms with Gasteiger partial charge in [-0.2, -0.15) is 5.26 Å². The van der Waals surface area contributed by atoms with Gasteiger partial charge in [-0.25, -0.2) is 9.97 Å². The third kappa shape index (κ3) is 3.69. The molecule has 4 nitrogen and oxygen atoms in total. The van der Waals surface area contributed by atoms with Crippen molar-refractivity contribution in [3.8, 4) is 6.07 Å². The Balaban J connectivity index is 2.94. The molecule has 0 bridgehead atoms. The molecule has 0 amide bonds. The molecular weight excluding hydrogens is 224 g/mol. The average molecular weight is 246 g/mol. The molecule has 0 saturated carbocycles.